The Morgan fingerprint density at radius 2 is 1.17 bits per heavy atom. The van der Waals surface area contributed by atoms with E-state index in [1.54, 1.807) is 0 Å². The Morgan fingerprint density at radius 3 is 1.77 bits per heavy atom. The molecular formula is C50H83N3O15P2. The van der Waals surface area contributed by atoms with Gasteiger partial charge in [0, 0.05) is 19.0 Å². The van der Waals surface area contributed by atoms with Crippen molar-refractivity contribution >= 4 is 33.4 Å². The zero-order chi connectivity index (χ0) is 51.3. The highest BCUT2D eigenvalue weighted by Crippen LogP contribution is 2.60. The Labute approximate surface area is 415 Å². The Bertz CT molecular complexity index is 1910. The van der Waals surface area contributed by atoms with Crippen LogP contribution in [0.15, 0.2) is 77.8 Å². The van der Waals surface area contributed by atoms with E-state index in [9.17, 15) is 43.5 Å². The number of nitrogen functional groups attached to an aromatic ring is 1. The zero-order valence-electron chi connectivity index (χ0n) is 41.6. The first-order valence-corrected chi connectivity index (χ1v) is 28.3. The van der Waals surface area contributed by atoms with Gasteiger partial charge in [-0.3, -0.25) is 23.2 Å². The Hall–Kier alpha value is -3.54. The summed E-state index contributed by atoms with van der Waals surface area (Å²) in [5.41, 5.74) is 4.58. The van der Waals surface area contributed by atoms with Gasteiger partial charge in [-0.05, 0) is 83.1 Å². The summed E-state index contributed by atoms with van der Waals surface area (Å²) >= 11 is 0. The third kappa shape index (κ3) is 30.4. The molecule has 1 saturated heterocycles. The lowest BCUT2D eigenvalue weighted by molar-refractivity contribution is -0.161. The molecule has 1 aromatic heterocycles. The number of hydrogen-bond donors (Lipinski definition) is 5. The van der Waals surface area contributed by atoms with Crippen molar-refractivity contribution in [3.63, 3.8) is 0 Å². The second kappa shape index (κ2) is 38.1. The summed E-state index contributed by atoms with van der Waals surface area (Å²) in [5, 5.41) is 20.9. The summed E-state index contributed by atoms with van der Waals surface area (Å²) in [5.74, 6) is -1.38. The van der Waals surface area contributed by atoms with Crippen LogP contribution in [0.1, 0.15) is 174 Å². The van der Waals surface area contributed by atoms with Crippen LogP contribution in [0.5, 0.6) is 0 Å². The number of phosphoric ester groups is 2. The summed E-state index contributed by atoms with van der Waals surface area (Å²) < 4.78 is 56.7. The number of carbonyl (C=O) groups is 2. The average molecular weight is 1030 g/mol. The smallest absolute Gasteiger partial charge is 0.462 e. The molecule has 0 saturated carbocycles. The van der Waals surface area contributed by atoms with Crippen LogP contribution in [0.4, 0.5) is 5.82 Å². The molecule has 0 aromatic carbocycles. The van der Waals surface area contributed by atoms with E-state index in [0.717, 1.165) is 75.0 Å². The first-order chi connectivity index (χ1) is 33.7. The third-order valence-corrected chi connectivity index (χ3v) is 13.7. The van der Waals surface area contributed by atoms with E-state index in [1.807, 2.05) is 12.2 Å². The predicted octanol–water partition coefficient (Wildman–Crippen LogP) is 10.3. The summed E-state index contributed by atoms with van der Waals surface area (Å²) in [6.45, 7) is 2.06. The zero-order valence-corrected chi connectivity index (χ0v) is 43.3. The van der Waals surface area contributed by atoms with Crippen LogP contribution in [0.3, 0.4) is 0 Å². The lowest BCUT2D eigenvalue weighted by atomic mass is 10.1. The number of aromatic nitrogens is 2. The summed E-state index contributed by atoms with van der Waals surface area (Å²) in [7, 11) is -10.9. The van der Waals surface area contributed by atoms with Gasteiger partial charge in [-0.2, -0.15) is 9.29 Å². The minimum atomic E-state index is -5.44. The second-order valence-electron chi connectivity index (χ2n) is 17.3. The highest BCUT2D eigenvalue weighted by molar-refractivity contribution is 7.61. The first-order valence-electron chi connectivity index (χ1n) is 25.3. The van der Waals surface area contributed by atoms with Gasteiger partial charge >= 0.3 is 33.3 Å². The number of hydrogen-bond acceptors (Lipinski definition) is 15. The molecule has 0 radical (unpaired) electrons. The Kier molecular flexibility index (Phi) is 34.1. The molecule has 18 nitrogen and oxygen atoms in total. The summed E-state index contributed by atoms with van der Waals surface area (Å²) in [6, 6.07) is 1.24. The molecule has 2 rings (SSSR count). The van der Waals surface area contributed by atoms with Gasteiger partial charge in [-0.1, -0.05) is 139 Å². The van der Waals surface area contributed by atoms with E-state index in [-0.39, 0.29) is 18.7 Å². The van der Waals surface area contributed by atoms with Gasteiger partial charge in [0.15, 0.2) is 12.3 Å². The maximum Gasteiger partial charge on any atom is 0.481 e. The predicted molar refractivity (Wildman–Crippen MR) is 270 cm³/mol. The van der Waals surface area contributed by atoms with Crippen LogP contribution in [-0.4, -0.2) is 85.7 Å². The Morgan fingerprint density at radius 1 is 0.686 bits per heavy atom. The van der Waals surface area contributed by atoms with Crippen LogP contribution in [0.2, 0.25) is 0 Å². The number of ether oxygens (including phenoxy) is 3. The molecule has 6 N–H and O–H groups in total. The molecule has 0 amide bonds. The molecule has 20 heteroatoms. The lowest BCUT2D eigenvalue weighted by Gasteiger charge is -2.21. The van der Waals surface area contributed by atoms with E-state index in [4.69, 9.17) is 29.0 Å². The maximum atomic E-state index is 12.8. The number of aliphatic hydroxyl groups excluding tert-OH is 2. The Balaban J connectivity index is 1.84. The van der Waals surface area contributed by atoms with Gasteiger partial charge in [0.25, 0.3) is 0 Å². The topological polar surface area (TPSA) is 265 Å². The molecule has 2 heterocycles. The van der Waals surface area contributed by atoms with Crippen molar-refractivity contribution in [2.45, 2.75) is 199 Å². The SMILES string of the molecule is CCCCCC=CCC=CCC=CCC=CCCCC(=O)O[C@H](COC(=O)CCCCCCCC=CCCCCCCCC)COP(=O)(O)OP(=O)(O)OC[C@H]1O[C@@H](n2ccc(N)nc2=O)C(O)[C@H]1O. The molecule has 0 aliphatic carbocycles. The van der Waals surface area contributed by atoms with Crippen LogP contribution < -0.4 is 11.4 Å². The molecular weight excluding hydrogens is 945 g/mol. The van der Waals surface area contributed by atoms with E-state index in [2.05, 4.69) is 71.8 Å². The fourth-order valence-electron chi connectivity index (χ4n) is 7.12. The standard InChI is InChI=1S/C50H83N3O15P2/c1-3-5-7-9-11-13-15-17-19-20-22-24-26-28-30-32-34-36-46(55)66-42(39-63-45(54)35-33-31-29-27-25-23-21-18-16-14-12-10-8-6-4-2)40-64-69(59,60)68-70(61,62)65-41-43-47(56)48(57)49(67-43)53-38-37-44(51)52-50(53)58/h11,13,17-19,21-22,24,28,30,37-38,42-43,47-49,56-57H,3-10,12,14-16,20,23,25-27,29,31-36,39-41H2,1-2H3,(H,59,60)(H,61,62)(H2,51,52,58)/t42-,43-,47+,48?,49-/m1/s1. The number of phosphoric acid groups is 2. The molecule has 1 aliphatic rings. The van der Waals surface area contributed by atoms with Crippen LogP contribution in [0, 0.1) is 0 Å². The minimum absolute atomic E-state index is 0.0293. The fourth-order valence-corrected chi connectivity index (χ4v) is 9.23. The first kappa shape index (κ1) is 62.6. The van der Waals surface area contributed by atoms with E-state index >= 15 is 0 Å². The molecule has 1 aromatic rings. The number of esters is 2. The fraction of sp³-hybridized carbons (Fsp3) is 0.680. The number of nitrogens with zero attached hydrogens (tertiary/aromatic N) is 2. The summed E-state index contributed by atoms with van der Waals surface area (Å²) in [6.07, 6.45) is 37.4. The molecule has 0 bridgehead atoms. The lowest BCUT2D eigenvalue weighted by Crippen LogP contribution is -2.36. The minimum Gasteiger partial charge on any atom is -0.462 e. The highest BCUT2D eigenvalue weighted by Gasteiger charge is 2.46. The van der Waals surface area contributed by atoms with Crippen molar-refractivity contribution in [2.24, 2.45) is 0 Å². The van der Waals surface area contributed by atoms with Crippen molar-refractivity contribution in [2.75, 3.05) is 25.6 Å². The number of nitrogens with two attached hydrogens (primary N) is 1. The molecule has 1 fully saturated rings. The third-order valence-electron chi connectivity index (χ3n) is 11.1. The van der Waals surface area contributed by atoms with Crippen molar-refractivity contribution in [1.82, 2.24) is 9.55 Å². The molecule has 398 valence electrons. The van der Waals surface area contributed by atoms with Crippen molar-refractivity contribution < 1.29 is 66.3 Å². The van der Waals surface area contributed by atoms with Gasteiger partial charge in [0.2, 0.25) is 0 Å². The second-order valence-corrected chi connectivity index (χ2v) is 20.4. The van der Waals surface area contributed by atoms with Gasteiger partial charge in [0.1, 0.15) is 30.7 Å². The van der Waals surface area contributed by atoms with Gasteiger partial charge in [-0.15, -0.1) is 0 Å². The maximum absolute atomic E-state index is 12.8. The number of carbonyl (C=O) groups excluding carboxylic acids is 2. The van der Waals surface area contributed by atoms with Crippen molar-refractivity contribution in [1.29, 1.82) is 0 Å². The molecule has 70 heavy (non-hydrogen) atoms. The van der Waals surface area contributed by atoms with Crippen molar-refractivity contribution in [3.8, 4) is 0 Å². The normalized spacial score (nSPS) is 19.7. The largest absolute Gasteiger partial charge is 0.481 e. The average Bonchev–Trinajstić information content (AvgIpc) is 3.59. The van der Waals surface area contributed by atoms with Crippen molar-refractivity contribution in [3.05, 3.63) is 83.5 Å². The van der Waals surface area contributed by atoms with Crippen LogP contribution in [0.25, 0.3) is 0 Å². The van der Waals surface area contributed by atoms with Gasteiger partial charge in [-0.25, -0.2) is 13.9 Å². The van der Waals surface area contributed by atoms with Crippen LogP contribution in [-0.2, 0) is 46.3 Å². The molecule has 1 aliphatic heterocycles. The highest BCUT2D eigenvalue weighted by atomic mass is 31.3. The number of rotatable bonds is 41. The number of aliphatic hydroxyl groups is 2. The molecule has 3 unspecified atom stereocenters. The number of unbranched alkanes of at least 4 members (excludes halogenated alkanes) is 15. The van der Waals surface area contributed by atoms with E-state index < -0.39 is 83.7 Å². The molecule has 0 spiro atoms. The van der Waals surface area contributed by atoms with Gasteiger partial charge < -0.3 is 39.9 Å². The summed E-state index contributed by atoms with van der Waals surface area (Å²) in [4.78, 5) is 61.9. The monoisotopic (exact) mass is 1030 g/mol. The van der Waals surface area contributed by atoms with Crippen LogP contribution >= 0.6 is 15.6 Å². The number of anilines is 1. The molecule has 7 atom stereocenters. The van der Waals surface area contributed by atoms with E-state index in [1.165, 1.54) is 63.9 Å². The number of allylic oxidation sites excluding steroid dienone is 10. The van der Waals surface area contributed by atoms with E-state index in [0.29, 0.717) is 19.3 Å². The van der Waals surface area contributed by atoms with Gasteiger partial charge in [0.05, 0.1) is 13.2 Å². The quantitative estimate of drug-likeness (QED) is 0.0177.